The number of amides is 1. The fraction of sp³-hybridized carbons (Fsp3) is 0.471. The zero-order valence-electron chi connectivity index (χ0n) is 13.6. The van der Waals surface area contributed by atoms with E-state index < -0.39 is 0 Å². The third-order valence-electron chi connectivity index (χ3n) is 4.40. The molecule has 0 aromatic carbocycles. The van der Waals surface area contributed by atoms with E-state index in [1.165, 1.54) is 10.6 Å². The topological polar surface area (TPSA) is 60.1 Å². The third kappa shape index (κ3) is 3.36. The van der Waals surface area contributed by atoms with Crippen LogP contribution in [0.3, 0.4) is 0 Å². The molecule has 1 aliphatic heterocycles. The smallest absolute Gasteiger partial charge is 0.254 e. The minimum absolute atomic E-state index is 0.0590. The van der Waals surface area contributed by atoms with Crippen molar-refractivity contribution in [2.45, 2.75) is 38.8 Å². The lowest BCUT2D eigenvalue weighted by molar-refractivity contribution is 0.0583. The highest BCUT2D eigenvalue weighted by molar-refractivity contribution is 5.94. The quantitative estimate of drug-likeness (QED) is 0.864. The Morgan fingerprint density at radius 3 is 2.91 bits per heavy atom. The summed E-state index contributed by atoms with van der Waals surface area (Å²) >= 11 is 0. The molecule has 0 spiro atoms. The standard InChI is InChI=1S/C17H22N4O2/c1-13-10-18-20(11-13)12-15-5-3-4-7-21(15)17(23)14-6-8-19(2)16(22)9-14/h6,8-11,15H,3-5,7,12H2,1-2H3/t15-/m0/s1. The van der Waals surface area contributed by atoms with Crippen molar-refractivity contribution in [1.29, 1.82) is 0 Å². The van der Waals surface area contributed by atoms with Gasteiger partial charge in [0, 0.05) is 37.6 Å². The van der Waals surface area contributed by atoms with Crippen LogP contribution in [0.15, 0.2) is 35.5 Å². The van der Waals surface area contributed by atoms with Crippen LogP contribution in [0.4, 0.5) is 0 Å². The first kappa shape index (κ1) is 15.5. The van der Waals surface area contributed by atoms with Gasteiger partial charge in [0.05, 0.1) is 18.8 Å². The summed E-state index contributed by atoms with van der Waals surface area (Å²) in [6.45, 7) is 3.44. The summed E-state index contributed by atoms with van der Waals surface area (Å²) in [6, 6.07) is 3.26. The predicted molar refractivity (Wildman–Crippen MR) is 87.3 cm³/mol. The van der Waals surface area contributed by atoms with E-state index in [1.807, 2.05) is 28.9 Å². The van der Waals surface area contributed by atoms with Gasteiger partial charge >= 0.3 is 0 Å². The number of aryl methyl sites for hydroxylation is 2. The maximum atomic E-state index is 12.8. The first-order valence-electron chi connectivity index (χ1n) is 8.01. The highest BCUT2D eigenvalue weighted by Crippen LogP contribution is 2.20. The van der Waals surface area contributed by atoms with E-state index >= 15 is 0 Å². The fourth-order valence-corrected chi connectivity index (χ4v) is 3.09. The second-order valence-corrected chi connectivity index (χ2v) is 6.25. The number of aromatic nitrogens is 3. The zero-order chi connectivity index (χ0) is 16.4. The van der Waals surface area contributed by atoms with E-state index in [9.17, 15) is 9.59 Å². The van der Waals surface area contributed by atoms with Crippen LogP contribution in [0.1, 0.15) is 35.2 Å². The Labute approximate surface area is 135 Å². The van der Waals surface area contributed by atoms with Gasteiger partial charge in [-0.15, -0.1) is 0 Å². The molecule has 122 valence electrons. The van der Waals surface area contributed by atoms with Gasteiger partial charge in [-0.2, -0.15) is 5.10 Å². The monoisotopic (exact) mass is 314 g/mol. The van der Waals surface area contributed by atoms with Gasteiger partial charge in [0.15, 0.2) is 0 Å². The van der Waals surface area contributed by atoms with Gasteiger partial charge in [-0.25, -0.2) is 0 Å². The van der Waals surface area contributed by atoms with Gasteiger partial charge in [-0.3, -0.25) is 14.3 Å². The second kappa shape index (κ2) is 6.40. The number of carbonyl (C=O) groups excluding carboxylic acids is 1. The summed E-state index contributed by atoms with van der Waals surface area (Å²) in [5, 5.41) is 4.33. The summed E-state index contributed by atoms with van der Waals surface area (Å²) in [4.78, 5) is 26.5. The molecule has 1 atom stereocenters. The first-order valence-corrected chi connectivity index (χ1v) is 8.01. The second-order valence-electron chi connectivity index (χ2n) is 6.25. The number of pyridine rings is 1. The molecule has 0 bridgehead atoms. The summed E-state index contributed by atoms with van der Waals surface area (Å²) in [6.07, 6.45) is 8.56. The largest absolute Gasteiger partial charge is 0.334 e. The van der Waals surface area contributed by atoms with Crippen molar-refractivity contribution in [3.05, 3.63) is 52.2 Å². The van der Waals surface area contributed by atoms with E-state index in [0.29, 0.717) is 12.1 Å². The van der Waals surface area contributed by atoms with E-state index in [4.69, 9.17) is 0 Å². The van der Waals surface area contributed by atoms with E-state index in [2.05, 4.69) is 5.10 Å². The molecule has 3 heterocycles. The Bertz CT molecular complexity index is 762. The maximum Gasteiger partial charge on any atom is 0.254 e. The van der Waals surface area contributed by atoms with E-state index in [0.717, 1.165) is 31.4 Å². The number of hydrogen-bond donors (Lipinski definition) is 0. The molecule has 23 heavy (non-hydrogen) atoms. The Balaban J connectivity index is 1.81. The molecule has 0 N–H and O–H groups in total. The van der Waals surface area contributed by atoms with E-state index in [1.54, 1.807) is 19.3 Å². The molecule has 1 aliphatic rings. The van der Waals surface area contributed by atoms with Crippen LogP contribution in [-0.2, 0) is 13.6 Å². The van der Waals surface area contributed by atoms with Crippen LogP contribution in [-0.4, -0.2) is 37.7 Å². The first-order chi connectivity index (χ1) is 11.0. The van der Waals surface area contributed by atoms with Crippen LogP contribution in [0.25, 0.3) is 0 Å². The van der Waals surface area contributed by atoms with Crippen LogP contribution in [0.2, 0.25) is 0 Å². The van der Waals surface area contributed by atoms with Crippen molar-refractivity contribution < 1.29 is 4.79 Å². The van der Waals surface area contributed by atoms with Crippen molar-refractivity contribution in [1.82, 2.24) is 19.2 Å². The average Bonchev–Trinajstić information content (AvgIpc) is 2.95. The minimum Gasteiger partial charge on any atom is -0.334 e. The lowest BCUT2D eigenvalue weighted by atomic mass is 10.0. The van der Waals surface area contributed by atoms with Crippen molar-refractivity contribution >= 4 is 5.91 Å². The molecular formula is C17H22N4O2. The van der Waals surface area contributed by atoms with Gasteiger partial charge < -0.3 is 9.47 Å². The third-order valence-corrected chi connectivity index (χ3v) is 4.40. The summed E-state index contributed by atoms with van der Waals surface area (Å²) in [7, 11) is 1.68. The molecular weight excluding hydrogens is 292 g/mol. The number of nitrogens with zero attached hydrogens (tertiary/aromatic N) is 4. The van der Waals surface area contributed by atoms with Crippen molar-refractivity contribution in [3.8, 4) is 0 Å². The lowest BCUT2D eigenvalue weighted by Gasteiger charge is -2.35. The van der Waals surface area contributed by atoms with Gasteiger partial charge in [0.2, 0.25) is 0 Å². The fourth-order valence-electron chi connectivity index (χ4n) is 3.09. The highest BCUT2D eigenvalue weighted by Gasteiger charge is 2.28. The highest BCUT2D eigenvalue weighted by atomic mass is 16.2. The molecule has 0 aliphatic carbocycles. The van der Waals surface area contributed by atoms with Crippen molar-refractivity contribution in [3.63, 3.8) is 0 Å². The SMILES string of the molecule is Cc1cnn(C[C@@H]2CCCCN2C(=O)c2ccn(C)c(=O)c2)c1. The number of carbonyl (C=O) groups is 1. The van der Waals surface area contributed by atoms with Crippen LogP contribution >= 0.6 is 0 Å². The molecule has 1 saturated heterocycles. The van der Waals surface area contributed by atoms with Gasteiger partial charge in [-0.05, 0) is 37.8 Å². The van der Waals surface area contributed by atoms with Gasteiger partial charge in [0.25, 0.3) is 11.5 Å². The van der Waals surface area contributed by atoms with Gasteiger partial charge in [0.1, 0.15) is 0 Å². The molecule has 1 fully saturated rings. The lowest BCUT2D eigenvalue weighted by Crippen LogP contribution is -2.46. The predicted octanol–water partition coefficient (Wildman–Crippen LogP) is 1.59. The Hall–Kier alpha value is -2.37. The number of piperidine rings is 1. The van der Waals surface area contributed by atoms with Crippen molar-refractivity contribution in [2.24, 2.45) is 7.05 Å². The minimum atomic E-state index is -0.160. The van der Waals surface area contributed by atoms with Crippen LogP contribution < -0.4 is 5.56 Å². The molecule has 6 nitrogen and oxygen atoms in total. The van der Waals surface area contributed by atoms with E-state index in [-0.39, 0.29) is 17.5 Å². The molecule has 2 aromatic rings. The molecule has 1 amide bonds. The molecule has 6 heteroatoms. The molecule has 3 rings (SSSR count). The molecule has 0 unspecified atom stereocenters. The normalized spacial score (nSPS) is 18.2. The number of rotatable bonds is 3. The molecule has 2 aromatic heterocycles. The molecule has 0 radical (unpaired) electrons. The summed E-state index contributed by atoms with van der Waals surface area (Å²) in [5.41, 5.74) is 1.42. The Morgan fingerprint density at radius 2 is 2.22 bits per heavy atom. The summed E-state index contributed by atoms with van der Waals surface area (Å²) < 4.78 is 3.37. The Morgan fingerprint density at radius 1 is 1.39 bits per heavy atom. The average molecular weight is 314 g/mol. The molecule has 0 saturated carbocycles. The Kier molecular flexibility index (Phi) is 4.32. The number of likely N-dealkylation sites (tertiary alicyclic amines) is 1. The van der Waals surface area contributed by atoms with Crippen LogP contribution in [0.5, 0.6) is 0 Å². The number of hydrogen-bond acceptors (Lipinski definition) is 3. The summed E-state index contributed by atoms with van der Waals surface area (Å²) in [5.74, 6) is -0.0590. The maximum absolute atomic E-state index is 12.8. The van der Waals surface area contributed by atoms with Crippen molar-refractivity contribution in [2.75, 3.05) is 6.54 Å². The van der Waals surface area contributed by atoms with Crippen LogP contribution in [0, 0.1) is 6.92 Å². The zero-order valence-corrected chi connectivity index (χ0v) is 13.6. The van der Waals surface area contributed by atoms with Gasteiger partial charge in [-0.1, -0.05) is 0 Å².